The molecule has 0 radical (unpaired) electrons. The molecule has 0 atom stereocenters. The zero-order valence-corrected chi connectivity index (χ0v) is 12.3. The molecule has 0 aliphatic heterocycles. The lowest BCUT2D eigenvalue weighted by Gasteiger charge is -2.09. The minimum Gasteiger partial charge on any atom is -0.371 e. The third-order valence-electron chi connectivity index (χ3n) is 1.99. The van der Waals surface area contributed by atoms with Gasteiger partial charge in [-0.3, -0.25) is 0 Å². The molecule has 0 saturated heterocycles. The van der Waals surface area contributed by atoms with E-state index in [1.165, 1.54) is 6.07 Å². The Morgan fingerprint density at radius 3 is 2.50 bits per heavy atom. The van der Waals surface area contributed by atoms with Crippen molar-refractivity contribution >= 4 is 26.0 Å². The standard InChI is InChI=1S/C10H10BrF4NO3S/c11-7-1-2-9(8(12)5-7)20(17,18)16-3-4-19-6-10(13,14)15/h1-2,5,16H,3-4,6H2. The van der Waals surface area contributed by atoms with E-state index in [1.807, 2.05) is 4.72 Å². The maximum atomic E-state index is 13.4. The molecule has 0 bridgehead atoms. The fourth-order valence-electron chi connectivity index (χ4n) is 1.21. The van der Waals surface area contributed by atoms with Crippen LogP contribution >= 0.6 is 15.9 Å². The summed E-state index contributed by atoms with van der Waals surface area (Å²) in [6.07, 6.45) is -4.48. The molecular formula is C10H10BrF4NO3S. The van der Waals surface area contributed by atoms with E-state index < -0.39 is 46.7 Å². The van der Waals surface area contributed by atoms with Gasteiger partial charge in [0.2, 0.25) is 10.0 Å². The van der Waals surface area contributed by atoms with E-state index >= 15 is 0 Å². The number of hydrogen-bond donors (Lipinski definition) is 1. The first-order valence-corrected chi connectivity index (χ1v) is 7.49. The molecule has 114 valence electrons. The molecule has 4 nitrogen and oxygen atoms in total. The van der Waals surface area contributed by atoms with Crippen molar-refractivity contribution in [3.8, 4) is 0 Å². The number of halogens is 5. The van der Waals surface area contributed by atoms with E-state index in [0.717, 1.165) is 12.1 Å². The number of rotatable bonds is 6. The van der Waals surface area contributed by atoms with Crippen molar-refractivity contribution in [2.45, 2.75) is 11.1 Å². The lowest BCUT2D eigenvalue weighted by Crippen LogP contribution is -2.29. The summed E-state index contributed by atoms with van der Waals surface area (Å²) < 4.78 is 78.6. The van der Waals surface area contributed by atoms with Gasteiger partial charge in [-0.15, -0.1) is 0 Å². The smallest absolute Gasteiger partial charge is 0.371 e. The Morgan fingerprint density at radius 1 is 1.30 bits per heavy atom. The van der Waals surface area contributed by atoms with Gasteiger partial charge in [0.15, 0.2) is 0 Å². The third-order valence-corrected chi connectivity index (χ3v) is 3.98. The summed E-state index contributed by atoms with van der Waals surface area (Å²) in [6.45, 7) is -2.34. The monoisotopic (exact) mass is 379 g/mol. The molecule has 0 saturated carbocycles. The molecule has 0 fully saturated rings. The largest absolute Gasteiger partial charge is 0.411 e. The number of sulfonamides is 1. The highest BCUT2D eigenvalue weighted by atomic mass is 79.9. The van der Waals surface area contributed by atoms with E-state index in [4.69, 9.17) is 0 Å². The number of alkyl halides is 3. The highest BCUT2D eigenvalue weighted by Crippen LogP contribution is 2.19. The Labute approximate surface area is 121 Å². The Balaban J connectivity index is 2.54. The molecule has 1 N–H and O–H groups in total. The second kappa shape index (κ2) is 6.83. The molecule has 10 heteroatoms. The van der Waals surface area contributed by atoms with Crippen LogP contribution in [0.5, 0.6) is 0 Å². The second-order valence-corrected chi connectivity index (χ2v) is 6.29. The van der Waals surface area contributed by atoms with Crippen LogP contribution in [0.3, 0.4) is 0 Å². The fourth-order valence-corrected chi connectivity index (χ4v) is 2.61. The quantitative estimate of drug-likeness (QED) is 0.610. The Bertz CT molecular complexity index is 562. The van der Waals surface area contributed by atoms with Gasteiger partial charge in [0, 0.05) is 11.0 Å². The average molecular weight is 380 g/mol. The average Bonchev–Trinajstić information content (AvgIpc) is 2.26. The van der Waals surface area contributed by atoms with Gasteiger partial charge in [-0.2, -0.15) is 13.2 Å². The summed E-state index contributed by atoms with van der Waals surface area (Å²) in [5.74, 6) is -0.969. The van der Waals surface area contributed by atoms with Crippen LogP contribution in [0.15, 0.2) is 27.6 Å². The van der Waals surface area contributed by atoms with Gasteiger partial charge in [0.05, 0.1) is 6.61 Å². The maximum Gasteiger partial charge on any atom is 0.411 e. The summed E-state index contributed by atoms with van der Waals surface area (Å²) >= 11 is 2.97. The Morgan fingerprint density at radius 2 is 1.95 bits per heavy atom. The lowest BCUT2D eigenvalue weighted by molar-refractivity contribution is -0.173. The van der Waals surface area contributed by atoms with Crippen LogP contribution in [0.2, 0.25) is 0 Å². The molecule has 0 unspecified atom stereocenters. The first kappa shape index (κ1) is 17.3. The van der Waals surface area contributed by atoms with Gasteiger partial charge in [-0.25, -0.2) is 17.5 Å². The van der Waals surface area contributed by atoms with Crippen molar-refractivity contribution in [3.63, 3.8) is 0 Å². The van der Waals surface area contributed by atoms with Crippen LogP contribution in [0, 0.1) is 5.82 Å². The first-order valence-electron chi connectivity index (χ1n) is 5.21. The highest BCUT2D eigenvalue weighted by Gasteiger charge is 2.27. The van der Waals surface area contributed by atoms with Crippen LogP contribution in [0.4, 0.5) is 17.6 Å². The summed E-state index contributed by atoms with van der Waals surface area (Å²) in [5, 5.41) is 0. The SMILES string of the molecule is O=S(=O)(NCCOCC(F)(F)F)c1ccc(Br)cc1F. The maximum absolute atomic E-state index is 13.4. The molecule has 0 heterocycles. The van der Waals surface area contributed by atoms with Crippen molar-refractivity contribution in [1.82, 2.24) is 4.72 Å². The first-order chi connectivity index (χ1) is 9.12. The van der Waals surface area contributed by atoms with Crippen molar-refractivity contribution in [2.24, 2.45) is 0 Å². The van der Waals surface area contributed by atoms with E-state index in [-0.39, 0.29) is 0 Å². The Kier molecular flexibility index (Phi) is 5.92. The van der Waals surface area contributed by atoms with Gasteiger partial charge in [-0.1, -0.05) is 15.9 Å². The summed E-state index contributed by atoms with van der Waals surface area (Å²) in [7, 11) is -4.13. The zero-order chi connectivity index (χ0) is 15.4. The minimum absolute atomic E-state index is 0.363. The zero-order valence-electron chi connectivity index (χ0n) is 9.88. The van der Waals surface area contributed by atoms with Crippen molar-refractivity contribution < 1.29 is 30.7 Å². The summed E-state index contributed by atoms with van der Waals surface area (Å²) in [4.78, 5) is -0.587. The molecule has 0 amide bonds. The normalized spacial score (nSPS) is 12.7. The van der Waals surface area contributed by atoms with E-state index in [2.05, 4.69) is 20.7 Å². The van der Waals surface area contributed by atoms with Crippen molar-refractivity contribution in [1.29, 1.82) is 0 Å². The van der Waals surface area contributed by atoms with Crippen LogP contribution in [0.25, 0.3) is 0 Å². The van der Waals surface area contributed by atoms with E-state index in [9.17, 15) is 26.0 Å². The molecule has 1 rings (SSSR count). The third kappa shape index (κ3) is 5.73. The highest BCUT2D eigenvalue weighted by molar-refractivity contribution is 9.10. The topological polar surface area (TPSA) is 55.4 Å². The predicted molar refractivity (Wildman–Crippen MR) is 66.2 cm³/mol. The summed E-state index contributed by atoms with van der Waals surface area (Å²) in [6, 6.07) is 3.34. The van der Waals surface area contributed by atoms with Gasteiger partial charge in [-0.05, 0) is 18.2 Å². The molecular weight excluding hydrogens is 370 g/mol. The molecule has 1 aromatic carbocycles. The molecule has 0 aliphatic carbocycles. The number of benzene rings is 1. The van der Waals surface area contributed by atoms with Crippen LogP contribution in [-0.2, 0) is 14.8 Å². The van der Waals surface area contributed by atoms with Crippen LogP contribution in [-0.4, -0.2) is 34.4 Å². The Hall–Kier alpha value is -0.710. The minimum atomic E-state index is -4.48. The van der Waals surface area contributed by atoms with Crippen molar-refractivity contribution in [3.05, 3.63) is 28.5 Å². The molecule has 0 aromatic heterocycles. The van der Waals surface area contributed by atoms with Gasteiger partial charge in [0.1, 0.15) is 17.3 Å². The number of nitrogens with one attached hydrogen (secondary N) is 1. The van der Waals surface area contributed by atoms with Crippen LogP contribution < -0.4 is 4.72 Å². The molecule has 0 aliphatic rings. The second-order valence-electron chi connectivity index (χ2n) is 3.64. The van der Waals surface area contributed by atoms with Gasteiger partial charge in [0.25, 0.3) is 0 Å². The van der Waals surface area contributed by atoms with E-state index in [1.54, 1.807) is 0 Å². The van der Waals surface area contributed by atoms with Crippen LogP contribution in [0.1, 0.15) is 0 Å². The molecule has 0 spiro atoms. The fraction of sp³-hybridized carbons (Fsp3) is 0.400. The summed E-state index contributed by atoms with van der Waals surface area (Å²) in [5.41, 5.74) is 0. The predicted octanol–water partition coefficient (Wildman–Crippen LogP) is 2.45. The van der Waals surface area contributed by atoms with Gasteiger partial charge < -0.3 is 4.74 Å². The lowest BCUT2D eigenvalue weighted by atomic mass is 10.3. The number of ether oxygens (including phenoxy) is 1. The van der Waals surface area contributed by atoms with E-state index in [0.29, 0.717) is 4.47 Å². The molecule has 1 aromatic rings. The molecule has 20 heavy (non-hydrogen) atoms. The van der Waals surface area contributed by atoms with Gasteiger partial charge >= 0.3 is 6.18 Å². The number of hydrogen-bond acceptors (Lipinski definition) is 3. The van der Waals surface area contributed by atoms with Crippen molar-refractivity contribution in [2.75, 3.05) is 19.8 Å².